The van der Waals surface area contributed by atoms with Gasteiger partial charge >= 0.3 is 0 Å². The lowest BCUT2D eigenvalue weighted by Crippen LogP contribution is -2.49. The van der Waals surface area contributed by atoms with E-state index < -0.39 is 0 Å². The third-order valence-corrected chi connectivity index (χ3v) is 9.10. The molecule has 4 N–H and O–H groups in total. The zero-order chi connectivity index (χ0) is 19.5. The van der Waals surface area contributed by atoms with Gasteiger partial charge in [-0.25, -0.2) is 10.9 Å². The van der Waals surface area contributed by atoms with Crippen LogP contribution in [0.3, 0.4) is 0 Å². The Morgan fingerprint density at radius 1 is 1.14 bits per heavy atom. The maximum absolute atomic E-state index is 13.0. The molecule has 1 amide bonds. The highest BCUT2D eigenvalue weighted by molar-refractivity contribution is 8.00. The minimum atomic E-state index is 0.224. The molecule has 4 rings (SSSR count). The summed E-state index contributed by atoms with van der Waals surface area (Å²) in [5, 5.41) is 7.73. The van der Waals surface area contributed by atoms with Crippen LogP contribution in [0.2, 0.25) is 0 Å². The number of nitrogens with one attached hydrogen (secondary N) is 4. The van der Waals surface area contributed by atoms with Crippen LogP contribution in [0.15, 0.2) is 0 Å². The molecule has 2 heterocycles. The Morgan fingerprint density at radius 3 is 2.86 bits per heavy atom. The van der Waals surface area contributed by atoms with Crippen LogP contribution >= 0.6 is 11.8 Å². The fraction of sp³-hybridized carbons (Fsp3) is 0.952. The van der Waals surface area contributed by atoms with Gasteiger partial charge in [0.25, 0.3) is 0 Å². The van der Waals surface area contributed by atoms with E-state index in [1.165, 1.54) is 32.1 Å². The van der Waals surface area contributed by atoms with Crippen molar-refractivity contribution in [1.82, 2.24) is 26.4 Å². The number of hydrazine groups is 1. The van der Waals surface area contributed by atoms with Gasteiger partial charge in [0, 0.05) is 23.3 Å². The second-order valence-electron chi connectivity index (χ2n) is 9.53. The molecule has 2 saturated heterocycles. The van der Waals surface area contributed by atoms with Crippen LogP contribution in [0.5, 0.6) is 0 Å². The SMILES string of the molecule is CC(SC1NNCN1C)C1CCCC(NC(=O)C2CCC3CCCNC3C2)C1. The molecule has 0 aromatic rings. The van der Waals surface area contributed by atoms with Crippen molar-refractivity contribution in [3.8, 4) is 0 Å². The first-order chi connectivity index (χ1) is 13.6. The number of fused-ring (bicyclic) bond motifs is 1. The molecule has 6 nitrogen and oxygen atoms in total. The van der Waals surface area contributed by atoms with E-state index in [1.54, 1.807) is 0 Å². The fourth-order valence-electron chi connectivity index (χ4n) is 5.73. The second-order valence-corrected chi connectivity index (χ2v) is 11.0. The summed E-state index contributed by atoms with van der Waals surface area (Å²) in [7, 11) is 2.15. The predicted molar refractivity (Wildman–Crippen MR) is 115 cm³/mol. The summed E-state index contributed by atoms with van der Waals surface area (Å²) in [5.41, 5.74) is 6.91. The van der Waals surface area contributed by atoms with E-state index >= 15 is 0 Å². The van der Waals surface area contributed by atoms with Gasteiger partial charge in [0.05, 0.1) is 6.67 Å². The molecule has 160 valence electrons. The Labute approximate surface area is 174 Å². The van der Waals surface area contributed by atoms with E-state index in [9.17, 15) is 4.79 Å². The highest BCUT2D eigenvalue weighted by Crippen LogP contribution is 2.36. The van der Waals surface area contributed by atoms with Gasteiger partial charge in [0.2, 0.25) is 5.91 Å². The van der Waals surface area contributed by atoms with Gasteiger partial charge in [-0.15, -0.1) is 11.8 Å². The largest absolute Gasteiger partial charge is 0.353 e. The zero-order valence-electron chi connectivity index (χ0n) is 17.6. The van der Waals surface area contributed by atoms with Gasteiger partial charge in [0.15, 0.2) is 0 Å². The first kappa shape index (κ1) is 20.9. The van der Waals surface area contributed by atoms with Crippen LogP contribution in [-0.4, -0.2) is 53.9 Å². The number of amides is 1. The topological polar surface area (TPSA) is 68.4 Å². The van der Waals surface area contributed by atoms with Crippen molar-refractivity contribution in [2.24, 2.45) is 17.8 Å². The normalized spacial score (nSPS) is 40.6. The van der Waals surface area contributed by atoms with Crippen LogP contribution in [0.25, 0.3) is 0 Å². The number of hydrogen-bond donors (Lipinski definition) is 4. The van der Waals surface area contributed by atoms with Crippen LogP contribution in [-0.2, 0) is 4.79 Å². The Bertz CT molecular complexity index is 535. The number of piperidine rings is 1. The fourth-order valence-corrected chi connectivity index (χ4v) is 7.04. The molecule has 0 aromatic heterocycles. The summed E-state index contributed by atoms with van der Waals surface area (Å²) in [5.74, 6) is 2.06. The third-order valence-electron chi connectivity index (χ3n) is 7.55. The minimum absolute atomic E-state index is 0.224. The van der Waals surface area contributed by atoms with Crippen molar-refractivity contribution in [3.05, 3.63) is 0 Å². The molecular formula is C21H39N5OS. The minimum Gasteiger partial charge on any atom is -0.353 e. The van der Waals surface area contributed by atoms with Crippen molar-refractivity contribution < 1.29 is 4.79 Å². The van der Waals surface area contributed by atoms with E-state index in [0.29, 0.717) is 34.7 Å². The lowest BCUT2D eigenvalue weighted by Gasteiger charge is -2.40. The van der Waals surface area contributed by atoms with Gasteiger partial charge in [-0.3, -0.25) is 9.69 Å². The lowest BCUT2D eigenvalue weighted by atomic mass is 9.74. The average Bonchev–Trinajstić information content (AvgIpc) is 3.12. The van der Waals surface area contributed by atoms with Crippen molar-refractivity contribution >= 4 is 17.7 Å². The maximum Gasteiger partial charge on any atom is 0.223 e. The molecule has 4 aliphatic rings. The molecule has 2 aliphatic carbocycles. The first-order valence-corrected chi connectivity index (χ1v) is 12.4. The van der Waals surface area contributed by atoms with E-state index in [4.69, 9.17) is 0 Å². The summed E-state index contributed by atoms with van der Waals surface area (Å²) in [4.78, 5) is 15.3. The molecular weight excluding hydrogens is 370 g/mol. The van der Waals surface area contributed by atoms with E-state index in [0.717, 1.165) is 44.8 Å². The monoisotopic (exact) mass is 409 g/mol. The van der Waals surface area contributed by atoms with Gasteiger partial charge in [-0.05, 0) is 76.8 Å². The predicted octanol–water partition coefficient (Wildman–Crippen LogP) is 2.23. The van der Waals surface area contributed by atoms with Crippen LogP contribution in [0.4, 0.5) is 0 Å². The average molecular weight is 410 g/mol. The quantitative estimate of drug-likeness (QED) is 0.558. The van der Waals surface area contributed by atoms with Gasteiger partial charge < -0.3 is 10.6 Å². The Hall–Kier alpha value is -0.340. The van der Waals surface area contributed by atoms with Crippen molar-refractivity contribution in [2.45, 2.75) is 87.5 Å². The van der Waals surface area contributed by atoms with E-state index in [1.807, 2.05) is 11.8 Å². The molecule has 28 heavy (non-hydrogen) atoms. The summed E-state index contributed by atoms with van der Waals surface area (Å²) in [6.07, 6.45) is 10.8. The second kappa shape index (κ2) is 9.65. The summed E-state index contributed by atoms with van der Waals surface area (Å²) >= 11 is 2.01. The Kier molecular flexibility index (Phi) is 7.20. The van der Waals surface area contributed by atoms with Gasteiger partial charge in [0.1, 0.15) is 5.50 Å². The zero-order valence-corrected chi connectivity index (χ0v) is 18.4. The number of nitrogens with zero attached hydrogens (tertiary/aromatic N) is 1. The van der Waals surface area contributed by atoms with Crippen molar-refractivity contribution in [1.29, 1.82) is 0 Å². The highest BCUT2D eigenvalue weighted by Gasteiger charge is 2.36. The Morgan fingerprint density at radius 2 is 2.04 bits per heavy atom. The molecule has 7 unspecified atom stereocenters. The van der Waals surface area contributed by atoms with Gasteiger partial charge in [-0.2, -0.15) is 0 Å². The van der Waals surface area contributed by atoms with E-state index in [2.05, 4.69) is 40.4 Å². The number of thioether (sulfide) groups is 1. The van der Waals surface area contributed by atoms with E-state index in [-0.39, 0.29) is 5.92 Å². The summed E-state index contributed by atoms with van der Waals surface area (Å²) in [6, 6.07) is 0.956. The number of carbonyl (C=O) groups excluding carboxylic acids is 1. The summed E-state index contributed by atoms with van der Waals surface area (Å²) < 4.78 is 0. The standard InChI is InChI=1S/C21H39N5OS/c1-14(28-21-25-23-13-26(21)2)16-5-3-7-18(11-16)24-20(27)17-9-8-15-6-4-10-22-19(15)12-17/h14-19,21-23,25H,3-13H2,1-2H3,(H,24,27). The first-order valence-electron chi connectivity index (χ1n) is 11.5. The number of carbonyl (C=O) groups is 1. The van der Waals surface area contributed by atoms with Crippen LogP contribution < -0.4 is 21.5 Å². The van der Waals surface area contributed by atoms with Gasteiger partial charge in [-0.1, -0.05) is 13.3 Å². The lowest BCUT2D eigenvalue weighted by molar-refractivity contribution is -0.127. The van der Waals surface area contributed by atoms with Crippen molar-refractivity contribution in [2.75, 3.05) is 20.3 Å². The number of hydrogen-bond acceptors (Lipinski definition) is 6. The highest BCUT2D eigenvalue weighted by atomic mass is 32.2. The molecule has 2 aliphatic heterocycles. The van der Waals surface area contributed by atoms with Crippen LogP contribution in [0, 0.1) is 17.8 Å². The molecule has 0 bridgehead atoms. The molecule has 2 saturated carbocycles. The molecule has 0 spiro atoms. The molecule has 0 aromatic carbocycles. The van der Waals surface area contributed by atoms with Crippen molar-refractivity contribution in [3.63, 3.8) is 0 Å². The third kappa shape index (κ3) is 5.04. The number of rotatable bonds is 5. The van der Waals surface area contributed by atoms with Crippen LogP contribution in [0.1, 0.15) is 64.7 Å². The maximum atomic E-state index is 13.0. The summed E-state index contributed by atoms with van der Waals surface area (Å²) in [6.45, 7) is 4.39. The Balaban J connectivity index is 1.24. The molecule has 0 radical (unpaired) electrons. The molecule has 7 atom stereocenters. The molecule has 7 heteroatoms. The smallest absolute Gasteiger partial charge is 0.223 e. The molecule has 4 fully saturated rings.